The van der Waals surface area contributed by atoms with E-state index in [1.54, 1.807) is 0 Å². The molecule has 2 aliphatic rings. The number of piperidine rings is 1. The molecule has 0 aromatic carbocycles. The summed E-state index contributed by atoms with van der Waals surface area (Å²) < 4.78 is 0. The molecular weight excluding hydrogens is 150 g/mol. The fourth-order valence-corrected chi connectivity index (χ4v) is 2.72. The normalized spacial score (nSPS) is 44.2. The summed E-state index contributed by atoms with van der Waals surface area (Å²) in [6.45, 7) is 6.85. The largest absolute Gasteiger partial charge is 0.353 e. The second kappa shape index (κ2) is 2.24. The van der Waals surface area contributed by atoms with E-state index in [4.69, 9.17) is 0 Å². The Morgan fingerprint density at radius 2 is 2.17 bits per heavy atom. The first-order chi connectivity index (χ1) is 5.51. The maximum atomic E-state index is 11.2. The highest BCUT2D eigenvalue weighted by Gasteiger charge is 2.50. The molecule has 1 aliphatic heterocycles. The molecule has 1 heterocycles. The first-order valence-electron chi connectivity index (χ1n) is 4.81. The van der Waals surface area contributed by atoms with Crippen molar-refractivity contribution in [3.05, 3.63) is 0 Å². The quantitative estimate of drug-likeness (QED) is 0.583. The molecule has 1 saturated heterocycles. The number of amides is 1. The molecule has 1 N–H and O–H groups in total. The third-order valence-electron chi connectivity index (χ3n) is 4.15. The third-order valence-corrected chi connectivity index (χ3v) is 4.15. The Morgan fingerprint density at radius 3 is 2.75 bits per heavy atom. The molecule has 2 bridgehead atoms. The first kappa shape index (κ1) is 8.09. The van der Waals surface area contributed by atoms with Gasteiger partial charge in [0.05, 0.1) is 0 Å². The lowest BCUT2D eigenvalue weighted by atomic mass is 9.75. The summed E-state index contributed by atoms with van der Waals surface area (Å²) in [6, 6.07) is 0.450. The van der Waals surface area contributed by atoms with Gasteiger partial charge in [-0.3, -0.25) is 4.79 Å². The third kappa shape index (κ3) is 0.900. The van der Waals surface area contributed by atoms with Gasteiger partial charge in [-0.15, -0.1) is 0 Å². The highest BCUT2D eigenvalue weighted by atomic mass is 16.1. The summed E-state index contributed by atoms with van der Waals surface area (Å²) in [5, 5.41) is 3.07. The SMILES string of the molecule is C[C@@H]1[C@H]2C[C@H](CC(=O)N2)C1(C)C. The lowest BCUT2D eigenvalue weighted by Gasteiger charge is -2.29. The predicted octanol–water partition coefficient (Wildman–Crippen LogP) is 1.56. The van der Waals surface area contributed by atoms with Gasteiger partial charge in [0, 0.05) is 12.5 Å². The van der Waals surface area contributed by atoms with Crippen LogP contribution in [-0.2, 0) is 4.79 Å². The van der Waals surface area contributed by atoms with E-state index in [-0.39, 0.29) is 5.91 Å². The van der Waals surface area contributed by atoms with Crippen molar-refractivity contribution < 1.29 is 4.79 Å². The van der Waals surface area contributed by atoms with Crippen LogP contribution >= 0.6 is 0 Å². The van der Waals surface area contributed by atoms with Gasteiger partial charge in [0.1, 0.15) is 0 Å². The minimum absolute atomic E-state index is 0.258. The summed E-state index contributed by atoms with van der Waals surface area (Å²) in [4.78, 5) is 11.2. The van der Waals surface area contributed by atoms with Crippen molar-refractivity contribution in [3.63, 3.8) is 0 Å². The van der Waals surface area contributed by atoms with Gasteiger partial charge in [0.25, 0.3) is 0 Å². The maximum Gasteiger partial charge on any atom is 0.220 e. The Balaban J connectivity index is 2.28. The molecular formula is C10H17NO. The van der Waals surface area contributed by atoms with E-state index in [2.05, 4.69) is 26.1 Å². The van der Waals surface area contributed by atoms with Crippen molar-refractivity contribution in [2.24, 2.45) is 17.3 Å². The smallest absolute Gasteiger partial charge is 0.220 e. The second-order valence-electron chi connectivity index (χ2n) is 4.92. The molecule has 0 unspecified atom stereocenters. The van der Waals surface area contributed by atoms with Crippen LogP contribution in [0.15, 0.2) is 0 Å². The summed E-state index contributed by atoms with van der Waals surface area (Å²) >= 11 is 0. The van der Waals surface area contributed by atoms with Crippen LogP contribution in [0.2, 0.25) is 0 Å². The van der Waals surface area contributed by atoms with Gasteiger partial charge in [-0.1, -0.05) is 20.8 Å². The van der Waals surface area contributed by atoms with E-state index >= 15 is 0 Å². The number of carbonyl (C=O) groups excluding carboxylic acids is 1. The number of nitrogens with one attached hydrogen (secondary N) is 1. The first-order valence-corrected chi connectivity index (χ1v) is 4.81. The van der Waals surface area contributed by atoms with E-state index in [0.29, 0.717) is 23.3 Å². The van der Waals surface area contributed by atoms with E-state index in [0.717, 1.165) is 6.42 Å². The van der Waals surface area contributed by atoms with Gasteiger partial charge >= 0.3 is 0 Å². The fourth-order valence-electron chi connectivity index (χ4n) is 2.72. The number of hydrogen-bond donors (Lipinski definition) is 1. The lowest BCUT2D eigenvalue weighted by Crippen LogP contribution is -2.39. The standard InChI is InChI=1S/C10H17NO/c1-6-8-4-7(10(6,2)3)5-9(12)11-8/h6-8H,4-5H2,1-3H3,(H,11,12)/t6-,7-,8-/m1/s1. The maximum absolute atomic E-state index is 11.2. The zero-order valence-electron chi connectivity index (χ0n) is 8.05. The molecule has 2 heteroatoms. The van der Waals surface area contributed by atoms with E-state index in [9.17, 15) is 4.79 Å². The van der Waals surface area contributed by atoms with Gasteiger partial charge in [-0.05, 0) is 23.7 Å². The van der Waals surface area contributed by atoms with Crippen LogP contribution in [0.5, 0.6) is 0 Å². The molecule has 0 radical (unpaired) electrons. The van der Waals surface area contributed by atoms with Crippen LogP contribution in [0.1, 0.15) is 33.6 Å². The topological polar surface area (TPSA) is 29.1 Å². The molecule has 1 amide bonds. The van der Waals surface area contributed by atoms with E-state index < -0.39 is 0 Å². The van der Waals surface area contributed by atoms with Crippen LogP contribution in [0.3, 0.4) is 0 Å². The molecule has 0 aromatic rings. The summed E-state index contributed by atoms with van der Waals surface area (Å²) in [5.74, 6) is 1.51. The van der Waals surface area contributed by atoms with Gasteiger partial charge in [-0.25, -0.2) is 0 Å². The molecule has 1 saturated carbocycles. The zero-order valence-corrected chi connectivity index (χ0v) is 8.05. The second-order valence-corrected chi connectivity index (χ2v) is 4.92. The minimum Gasteiger partial charge on any atom is -0.353 e. The van der Waals surface area contributed by atoms with Crippen LogP contribution in [-0.4, -0.2) is 11.9 Å². The fraction of sp³-hybridized carbons (Fsp3) is 0.900. The molecule has 2 nitrogen and oxygen atoms in total. The molecule has 12 heavy (non-hydrogen) atoms. The highest BCUT2D eigenvalue weighted by Crippen LogP contribution is 2.50. The average Bonchev–Trinajstić information content (AvgIpc) is 2.14. The molecule has 0 aromatic heterocycles. The molecule has 2 rings (SSSR count). The molecule has 3 atom stereocenters. The minimum atomic E-state index is 0.258. The summed E-state index contributed by atoms with van der Waals surface area (Å²) in [7, 11) is 0. The Morgan fingerprint density at radius 1 is 1.50 bits per heavy atom. The van der Waals surface area contributed by atoms with E-state index in [1.807, 2.05) is 0 Å². The number of hydrogen-bond acceptors (Lipinski definition) is 1. The van der Waals surface area contributed by atoms with Gasteiger partial charge in [0.2, 0.25) is 5.91 Å². The van der Waals surface area contributed by atoms with Crippen LogP contribution < -0.4 is 5.32 Å². The van der Waals surface area contributed by atoms with Crippen molar-refractivity contribution in [1.82, 2.24) is 5.32 Å². The van der Waals surface area contributed by atoms with Gasteiger partial charge in [-0.2, -0.15) is 0 Å². The summed E-state index contributed by atoms with van der Waals surface area (Å²) in [6.07, 6.45) is 1.94. The van der Waals surface area contributed by atoms with Gasteiger partial charge in [0.15, 0.2) is 0 Å². The van der Waals surface area contributed by atoms with Crippen molar-refractivity contribution in [2.45, 2.75) is 39.7 Å². The molecule has 68 valence electrons. The van der Waals surface area contributed by atoms with Crippen molar-refractivity contribution in [1.29, 1.82) is 0 Å². The van der Waals surface area contributed by atoms with Crippen molar-refractivity contribution in [3.8, 4) is 0 Å². The monoisotopic (exact) mass is 167 g/mol. The van der Waals surface area contributed by atoms with Crippen LogP contribution in [0, 0.1) is 17.3 Å². The Kier molecular flexibility index (Phi) is 1.51. The number of fused-ring (bicyclic) bond motifs is 2. The Labute approximate surface area is 73.7 Å². The van der Waals surface area contributed by atoms with Gasteiger partial charge < -0.3 is 5.32 Å². The molecule has 1 aliphatic carbocycles. The Hall–Kier alpha value is -0.530. The van der Waals surface area contributed by atoms with Crippen LogP contribution in [0.4, 0.5) is 0 Å². The predicted molar refractivity (Wildman–Crippen MR) is 47.6 cm³/mol. The highest BCUT2D eigenvalue weighted by molar-refractivity contribution is 5.78. The number of rotatable bonds is 0. The molecule has 2 fully saturated rings. The van der Waals surface area contributed by atoms with Crippen molar-refractivity contribution in [2.75, 3.05) is 0 Å². The van der Waals surface area contributed by atoms with E-state index in [1.165, 1.54) is 6.42 Å². The number of carbonyl (C=O) groups is 1. The zero-order chi connectivity index (χ0) is 8.93. The molecule has 0 spiro atoms. The Bertz CT molecular complexity index is 222. The average molecular weight is 167 g/mol. The van der Waals surface area contributed by atoms with Crippen LogP contribution in [0.25, 0.3) is 0 Å². The summed E-state index contributed by atoms with van der Waals surface area (Å²) in [5.41, 5.74) is 0.351. The lowest BCUT2D eigenvalue weighted by molar-refractivity contribution is -0.124. The van der Waals surface area contributed by atoms with Crippen molar-refractivity contribution >= 4 is 5.91 Å².